The molecule has 0 N–H and O–H groups in total. The van der Waals surface area contributed by atoms with E-state index < -0.39 is 0 Å². The molecule has 0 aromatic carbocycles. The van der Waals surface area contributed by atoms with Gasteiger partial charge in [-0.2, -0.15) is 0 Å². The zero-order valence-electron chi connectivity index (χ0n) is 66.1. The maximum atomic E-state index is 2.81. The molecule has 2 aliphatic carbocycles. The van der Waals surface area contributed by atoms with Crippen LogP contribution in [0.5, 0.6) is 0 Å². The van der Waals surface area contributed by atoms with E-state index in [0.29, 0.717) is 22.3 Å². The van der Waals surface area contributed by atoms with Gasteiger partial charge in [-0.3, -0.25) is 0 Å². The summed E-state index contributed by atoms with van der Waals surface area (Å²) < 4.78 is -2.00. The fourth-order valence-electron chi connectivity index (χ4n) is 13.0. The second-order valence-electron chi connectivity index (χ2n) is 29.6. The van der Waals surface area contributed by atoms with Crippen LogP contribution in [-0.2, 0) is 0 Å². The van der Waals surface area contributed by atoms with E-state index in [0.717, 1.165) is 11.5 Å². The van der Waals surface area contributed by atoms with Crippen LogP contribution in [0.1, 0.15) is 307 Å². The Hall–Kier alpha value is 6.65. The lowest BCUT2D eigenvalue weighted by Crippen LogP contribution is -2.81. The fraction of sp³-hybridized carbons (Fsp3) is 1.00. The lowest BCUT2D eigenvalue weighted by Gasteiger charge is -2.77. The number of hydrogen-bond donors (Lipinski definition) is 0. The molecular weight excluding hydrogens is 1520 g/mol. The predicted molar refractivity (Wildman–Crippen MR) is 500 cm³/mol. The van der Waals surface area contributed by atoms with Gasteiger partial charge in [0, 0.05) is 20.0 Å². The third-order valence-corrected chi connectivity index (χ3v) is 55.9. The van der Waals surface area contributed by atoms with Crippen molar-refractivity contribution in [2.75, 3.05) is 81.5 Å². The Kier molecular flexibility index (Phi) is 49.8. The zero-order valence-corrected chi connectivity index (χ0v) is 81.6. The average molecular weight is 1670 g/mol. The molecule has 10 atom stereocenters. The molecule has 0 saturated heterocycles. The smallest absolute Gasteiger partial charge is 0.113 e. The number of unbranched alkanes of at least 4 members (excludes halogenated alkanes) is 12. The molecule has 0 aromatic rings. The summed E-state index contributed by atoms with van der Waals surface area (Å²) in [5.74, 6) is 15.5. The van der Waals surface area contributed by atoms with Crippen molar-refractivity contribution in [3.8, 4) is 0 Å². The SMILES string of the molecule is CCCCCCSC1(SC2(SCCCCCC)CC(SC)(SCC)C(SCCC)(SC(C)C)C(SCCCC)(SCC(C)C)C2(SCCCCC)SC(C)(C)C)CC(SC)(SCC)C(SCCC)(SC(C)C)C(SCCCC)(SCC(C)C)C1(SCCCCC)SC(C)(C)C. The normalized spacial score (nSPS) is 30.1. The van der Waals surface area contributed by atoms with E-state index in [1.54, 1.807) is 0 Å². The summed E-state index contributed by atoms with van der Waals surface area (Å²) in [7, 11) is 0. The molecule has 2 rings (SSSR count). The molecule has 0 nitrogen and oxygen atoms in total. The van der Waals surface area contributed by atoms with Gasteiger partial charge in [0.1, 0.15) is 24.5 Å². The summed E-state index contributed by atoms with van der Waals surface area (Å²) in [5.41, 5.74) is 0. The first-order valence-electron chi connectivity index (χ1n) is 38.2. The van der Waals surface area contributed by atoms with E-state index in [2.05, 4.69) is 402 Å². The summed E-state index contributed by atoms with van der Waals surface area (Å²) in [6.45, 7) is 62.1. The van der Waals surface area contributed by atoms with Gasteiger partial charge in [-0.05, 0) is 158 Å². The van der Waals surface area contributed by atoms with Gasteiger partial charge in [-0.25, -0.2) is 0 Å². The molecule has 0 amide bonds. The summed E-state index contributed by atoms with van der Waals surface area (Å²) in [5, 5.41) is 0.938. The number of rotatable bonds is 56. The molecule has 10 unspecified atom stereocenters. The number of thioether (sulfide) groups is 19. The standard InChI is InChI=1S/C76H150S19/c1-27-37-43-47-53-81-69(59-67(77-25,79-35-9)71(83-49-33-7,91-63(15)16)75(87-51-41-31-5,89-57-61(11)12)73(69,93-65(19,20)21)85-55-45-39-29-3)95-70(82-54-48-44-38-28-2)60-68(78-26,80-36-10)72(84-50-34-8,92-64(17)18)76(88-52-42-32-6,90-58-62(13)14)74(70,94-66(22,23)24)86-56-46-40-30-4/h61-64H,27-60H2,1-26H3. The molecule has 95 heavy (non-hydrogen) atoms. The summed E-state index contributed by atoms with van der Waals surface area (Å²) in [6, 6.07) is 0. The zero-order chi connectivity index (χ0) is 71.8. The van der Waals surface area contributed by atoms with E-state index in [1.807, 2.05) is 0 Å². The van der Waals surface area contributed by atoms with E-state index in [1.165, 1.54) is 199 Å². The van der Waals surface area contributed by atoms with Crippen LogP contribution >= 0.6 is 223 Å². The Balaban J connectivity index is 4.44. The first-order valence-corrected chi connectivity index (χ1v) is 56.6. The van der Waals surface area contributed by atoms with E-state index in [-0.39, 0.29) is 50.3 Å². The van der Waals surface area contributed by atoms with E-state index in [9.17, 15) is 0 Å². The maximum Gasteiger partial charge on any atom is 0.113 e. The van der Waals surface area contributed by atoms with Gasteiger partial charge in [0.15, 0.2) is 0 Å². The van der Waals surface area contributed by atoms with Crippen molar-refractivity contribution in [1.82, 2.24) is 0 Å². The van der Waals surface area contributed by atoms with Crippen LogP contribution in [0.3, 0.4) is 0 Å². The molecule has 0 aromatic heterocycles. The largest absolute Gasteiger partial charge is 0.145 e. The second-order valence-corrected chi connectivity index (χ2v) is 59.9. The first kappa shape index (κ1) is 97.7. The van der Waals surface area contributed by atoms with Crippen molar-refractivity contribution in [2.45, 2.75) is 368 Å². The molecular formula is C76H150S19. The second kappa shape index (κ2) is 48.4. The Bertz CT molecular complexity index is 1850. The molecule has 0 aliphatic heterocycles. The van der Waals surface area contributed by atoms with Crippen LogP contribution in [0.2, 0.25) is 0 Å². The lowest BCUT2D eigenvalue weighted by atomic mass is 9.93. The Labute approximate surface area is 676 Å². The minimum absolute atomic E-state index is 0.0325. The van der Waals surface area contributed by atoms with Crippen molar-refractivity contribution < 1.29 is 0 Å². The Morgan fingerprint density at radius 1 is 0.284 bits per heavy atom. The van der Waals surface area contributed by atoms with Crippen molar-refractivity contribution in [1.29, 1.82) is 0 Å². The molecule has 0 heterocycles. The third-order valence-electron chi connectivity index (χ3n) is 16.8. The topological polar surface area (TPSA) is 0 Å². The van der Waals surface area contributed by atoms with E-state index >= 15 is 0 Å². The fourth-order valence-corrected chi connectivity index (χ4v) is 59.6. The average Bonchev–Trinajstić information content (AvgIpc) is 0.652. The van der Waals surface area contributed by atoms with Crippen molar-refractivity contribution >= 4 is 223 Å². The highest BCUT2D eigenvalue weighted by Crippen LogP contribution is 2.91. The minimum atomic E-state index is -0.248. The molecule has 0 radical (unpaired) electrons. The van der Waals surface area contributed by atoms with Crippen LogP contribution in [0, 0.1) is 11.8 Å². The highest BCUT2D eigenvalue weighted by atomic mass is 32.3. The molecule has 2 saturated carbocycles. The molecule has 19 heteroatoms. The molecule has 568 valence electrons. The van der Waals surface area contributed by atoms with Crippen molar-refractivity contribution in [2.24, 2.45) is 11.8 Å². The van der Waals surface area contributed by atoms with Gasteiger partial charge < -0.3 is 0 Å². The van der Waals surface area contributed by atoms with Gasteiger partial charge in [-0.1, -0.05) is 243 Å². The van der Waals surface area contributed by atoms with Gasteiger partial charge in [-0.15, -0.1) is 223 Å². The monoisotopic (exact) mass is 1670 g/mol. The first-order chi connectivity index (χ1) is 44.9. The molecule has 2 fully saturated rings. The van der Waals surface area contributed by atoms with Gasteiger partial charge in [0.25, 0.3) is 0 Å². The highest BCUT2D eigenvalue weighted by Gasteiger charge is 2.87. The van der Waals surface area contributed by atoms with Gasteiger partial charge >= 0.3 is 0 Å². The van der Waals surface area contributed by atoms with Crippen molar-refractivity contribution in [3.05, 3.63) is 0 Å². The third kappa shape index (κ3) is 25.3. The Morgan fingerprint density at radius 2 is 0.568 bits per heavy atom. The van der Waals surface area contributed by atoms with Crippen molar-refractivity contribution in [3.63, 3.8) is 0 Å². The van der Waals surface area contributed by atoms with Crippen LogP contribution < -0.4 is 0 Å². The quantitative estimate of drug-likeness (QED) is 0.0419. The maximum absolute atomic E-state index is 2.81. The lowest BCUT2D eigenvalue weighted by molar-refractivity contribution is 0.416. The molecule has 2 aliphatic rings. The summed E-state index contributed by atoms with van der Waals surface area (Å²) in [4.78, 5) is 0. The van der Waals surface area contributed by atoms with Crippen LogP contribution in [0.25, 0.3) is 0 Å². The summed E-state index contributed by atoms with van der Waals surface area (Å²) in [6.07, 6.45) is 33.3. The van der Waals surface area contributed by atoms with Crippen LogP contribution in [0.4, 0.5) is 0 Å². The Morgan fingerprint density at radius 3 is 0.842 bits per heavy atom. The summed E-state index contributed by atoms with van der Waals surface area (Å²) >= 11 is 48.3. The molecule has 0 bridgehead atoms. The molecule has 0 spiro atoms. The minimum Gasteiger partial charge on any atom is -0.145 e. The van der Waals surface area contributed by atoms with Crippen LogP contribution in [-0.4, -0.2) is 142 Å². The van der Waals surface area contributed by atoms with Gasteiger partial charge in [0.2, 0.25) is 0 Å². The highest BCUT2D eigenvalue weighted by molar-refractivity contribution is 8.36. The van der Waals surface area contributed by atoms with Crippen LogP contribution in [0.15, 0.2) is 0 Å². The predicted octanol–water partition coefficient (Wildman–Crippen LogP) is 31.7. The van der Waals surface area contributed by atoms with E-state index in [4.69, 9.17) is 0 Å². The number of hydrogen-bond acceptors (Lipinski definition) is 19. The van der Waals surface area contributed by atoms with Gasteiger partial charge in [0.05, 0.1) is 16.3 Å².